The molecule has 0 aromatic carbocycles. The van der Waals surface area contributed by atoms with Gasteiger partial charge in [-0.2, -0.15) is 0 Å². The van der Waals surface area contributed by atoms with Crippen molar-refractivity contribution in [3.05, 3.63) is 0 Å². The number of thioether (sulfide) groups is 1. The van der Waals surface area contributed by atoms with Gasteiger partial charge in [0.15, 0.2) is 17.4 Å². The van der Waals surface area contributed by atoms with E-state index in [1.54, 1.807) is 7.05 Å². The van der Waals surface area contributed by atoms with Crippen LogP contribution in [0.5, 0.6) is 0 Å². The Morgan fingerprint density at radius 3 is 2.62 bits per heavy atom. The lowest BCUT2D eigenvalue weighted by atomic mass is 10.1. The average Bonchev–Trinajstić information content (AvgIpc) is 2.93. The molecule has 8 heteroatoms. The molecule has 2 rings (SSSR count). The van der Waals surface area contributed by atoms with E-state index in [0.717, 1.165) is 24.6 Å². The monoisotopic (exact) mass is 356 g/mol. The van der Waals surface area contributed by atoms with Crippen molar-refractivity contribution in [3.63, 3.8) is 0 Å². The van der Waals surface area contributed by atoms with E-state index < -0.39 is 18.2 Å². The number of unbranched alkanes of at least 4 members (excludes halogenated alkanes) is 5. The van der Waals surface area contributed by atoms with Crippen LogP contribution in [0.2, 0.25) is 0 Å². The SMILES string of the molecule is CCCCCCCCN1C(SCCO)=NC2C1C(=O)NC(=O)N2C. The quantitative estimate of drug-likeness (QED) is 0.613. The van der Waals surface area contributed by atoms with Crippen LogP contribution in [0.15, 0.2) is 4.99 Å². The van der Waals surface area contributed by atoms with E-state index in [1.807, 2.05) is 4.90 Å². The van der Waals surface area contributed by atoms with E-state index in [1.165, 1.54) is 42.3 Å². The molecule has 2 heterocycles. The van der Waals surface area contributed by atoms with Crippen molar-refractivity contribution < 1.29 is 14.7 Å². The second kappa shape index (κ2) is 9.27. The summed E-state index contributed by atoms with van der Waals surface area (Å²) in [5.74, 6) is 0.252. The molecule has 24 heavy (non-hydrogen) atoms. The Morgan fingerprint density at radius 2 is 1.92 bits per heavy atom. The van der Waals surface area contributed by atoms with Gasteiger partial charge in [0, 0.05) is 19.3 Å². The molecule has 1 saturated heterocycles. The number of nitrogens with one attached hydrogen (secondary N) is 1. The number of carbonyl (C=O) groups excluding carboxylic acids is 2. The molecule has 2 unspecified atom stereocenters. The number of aliphatic imine (C=N–C) groups is 1. The van der Waals surface area contributed by atoms with Gasteiger partial charge in [-0.1, -0.05) is 50.8 Å². The number of amides is 3. The number of nitrogens with zero attached hydrogens (tertiary/aromatic N) is 3. The van der Waals surface area contributed by atoms with Gasteiger partial charge in [0.2, 0.25) is 0 Å². The van der Waals surface area contributed by atoms with Gasteiger partial charge in [-0.05, 0) is 6.42 Å². The Labute approximate surface area is 147 Å². The van der Waals surface area contributed by atoms with E-state index in [4.69, 9.17) is 5.11 Å². The standard InChI is InChI=1S/C16H28N4O3S/c1-3-4-5-6-7-8-9-20-12-13(17-16(20)24-11-10-21)19(2)15(23)18-14(12)22/h12-13,21H,3-11H2,1-2H3,(H,18,22,23). The minimum Gasteiger partial charge on any atom is -0.396 e. The van der Waals surface area contributed by atoms with Crippen LogP contribution in [-0.2, 0) is 4.79 Å². The summed E-state index contributed by atoms with van der Waals surface area (Å²) in [6, 6.07) is -0.859. The Balaban J connectivity index is 1.98. The molecule has 1 fully saturated rings. The second-order valence-electron chi connectivity index (χ2n) is 6.21. The van der Waals surface area contributed by atoms with Crippen molar-refractivity contribution in [1.82, 2.24) is 15.1 Å². The first kappa shape index (κ1) is 19.1. The largest absolute Gasteiger partial charge is 0.396 e. The van der Waals surface area contributed by atoms with Gasteiger partial charge in [-0.3, -0.25) is 10.1 Å². The number of carbonyl (C=O) groups is 2. The molecule has 0 aliphatic carbocycles. The predicted octanol–water partition coefficient (Wildman–Crippen LogP) is 1.62. The highest BCUT2D eigenvalue weighted by Crippen LogP contribution is 2.28. The first-order valence-corrected chi connectivity index (χ1v) is 9.74. The summed E-state index contributed by atoms with van der Waals surface area (Å²) in [4.78, 5) is 32.2. The third-order valence-corrected chi connectivity index (χ3v) is 5.38. The van der Waals surface area contributed by atoms with Crippen molar-refractivity contribution in [2.45, 2.75) is 57.7 Å². The van der Waals surface area contributed by atoms with E-state index in [2.05, 4.69) is 17.2 Å². The summed E-state index contributed by atoms with van der Waals surface area (Å²) in [5.41, 5.74) is 0. The summed E-state index contributed by atoms with van der Waals surface area (Å²) in [6.45, 7) is 3.01. The van der Waals surface area contributed by atoms with Gasteiger partial charge in [0.1, 0.15) is 0 Å². The number of likely N-dealkylation sites (N-methyl/N-ethyl adjacent to an activating group) is 1. The van der Waals surface area contributed by atoms with Crippen LogP contribution in [0.1, 0.15) is 45.4 Å². The third-order valence-electron chi connectivity index (χ3n) is 4.40. The zero-order valence-corrected chi connectivity index (χ0v) is 15.3. The van der Waals surface area contributed by atoms with Gasteiger partial charge in [0.05, 0.1) is 6.61 Å². The topological polar surface area (TPSA) is 85.2 Å². The van der Waals surface area contributed by atoms with Crippen LogP contribution in [0.4, 0.5) is 4.79 Å². The molecule has 2 aliphatic heterocycles. The highest BCUT2D eigenvalue weighted by atomic mass is 32.2. The highest BCUT2D eigenvalue weighted by Gasteiger charge is 2.48. The zero-order valence-electron chi connectivity index (χ0n) is 14.5. The average molecular weight is 356 g/mol. The lowest BCUT2D eigenvalue weighted by Crippen LogP contribution is -2.63. The fraction of sp³-hybridized carbons (Fsp3) is 0.812. The number of imide groups is 1. The normalized spacial score (nSPS) is 23.4. The zero-order chi connectivity index (χ0) is 17.5. The van der Waals surface area contributed by atoms with E-state index in [9.17, 15) is 9.59 Å². The summed E-state index contributed by atoms with van der Waals surface area (Å²) >= 11 is 1.44. The Hall–Kier alpha value is -1.28. The maximum absolute atomic E-state index is 12.3. The summed E-state index contributed by atoms with van der Waals surface area (Å²) in [7, 11) is 1.66. The van der Waals surface area contributed by atoms with E-state index in [0.29, 0.717) is 5.75 Å². The Kier molecular flexibility index (Phi) is 7.36. The number of aliphatic hydroxyl groups excluding tert-OH is 1. The molecule has 0 spiro atoms. The van der Waals surface area contributed by atoms with Gasteiger partial charge in [-0.15, -0.1) is 0 Å². The summed E-state index contributed by atoms with van der Waals surface area (Å²) < 4.78 is 0. The molecule has 0 saturated carbocycles. The number of amidine groups is 1. The molecule has 0 aromatic heterocycles. The second-order valence-corrected chi connectivity index (χ2v) is 7.27. The maximum Gasteiger partial charge on any atom is 0.325 e. The van der Waals surface area contributed by atoms with Gasteiger partial charge in [0.25, 0.3) is 5.91 Å². The number of urea groups is 1. The molecule has 0 aromatic rings. The summed E-state index contributed by atoms with van der Waals surface area (Å²) in [6.07, 6.45) is 6.61. The lowest BCUT2D eigenvalue weighted by Gasteiger charge is -2.36. The van der Waals surface area contributed by atoms with Gasteiger partial charge >= 0.3 is 6.03 Å². The van der Waals surface area contributed by atoms with Crippen LogP contribution in [0.25, 0.3) is 0 Å². The fourth-order valence-corrected chi connectivity index (χ4v) is 3.88. The van der Waals surface area contributed by atoms with Crippen molar-refractivity contribution in [2.75, 3.05) is 26.0 Å². The van der Waals surface area contributed by atoms with Crippen LogP contribution in [-0.4, -0.2) is 70.2 Å². The number of hydrogen-bond donors (Lipinski definition) is 2. The molecule has 3 amide bonds. The first-order valence-electron chi connectivity index (χ1n) is 8.76. The number of fused-ring (bicyclic) bond motifs is 1. The molecule has 7 nitrogen and oxygen atoms in total. The minimum absolute atomic E-state index is 0.0604. The van der Waals surface area contributed by atoms with Gasteiger partial charge < -0.3 is 14.9 Å². The fourth-order valence-electron chi connectivity index (χ4n) is 3.06. The molecule has 2 N–H and O–H groups in total. The number of hydrogen-bond acceptors (Lipinski definition) is 6. The van der Waals surface area contributed by atoms with Crippen LogP contribution >= 0.6 is 11.8 Å². The number of aliphatic hydroxyl groups is 1. The molecular formula is C16H28N4O3S. The van der Waals surface area contributed by atoms with Crippen molar-refractivity contribution in [2.24, 2.45) is 4.99 Å². The number of rotatable bonds is 9. The van der Waals surface area contributed by atoms with Crippen molar-refractivity contribution in [1.29, 1.82) is 0 Å². The molecular weight excluding hydrogens is 328 g/mol. The molecule has 2 aliphatic rings. The molecule has 2 atom stereocenters. The minimum atomic E-state index is -0.465. The van der Waals surface area contributed by atoms with Crippen LogP contribution < -0.4 is 5.32 Å². The van der Waals surface area contributed by atoms with Crippen LogP contribution in [0, 0.1) is 0 Å². The first-order chi connectivity index (χ1) is 11.6. The van der Waals surface area contributed by atoms with Gasteiger partial charge in [-0.25, -0.2) is 9.79 Å². The molecule has 136 valence electrons. The van der Waals surface area contributed by atoms with Crippen molar-refractivity contribution >= 4 is 28.9 Å². The maximum atomic E-state index is 12.3. The Bertz CT molecular complexity index is 486. The predicted molar refractivity (Wildman–Crippen MR) is 95.9 cm³/mol. The van der Waals surface area contributed by atoms with Crippen LogP contribution in [0.3, 0.4) is 0 Å². The van der Waals surface area contributed by atoms with Crippen molar-refractivity contribution in [3.8, 4) is 0 Å². The van der Waals surface area contributed by atoms with E-state index >= 15 is 0 Å². The third kappa shape index (κ3) is 4.42. The smallest absolute Gasteiger partial charge is 0.325 e. The summed E-state index contributed by atoms with van der Waals surface area (Å²) in [5, 5.41) is 12.2. The van der Waals surface area contributed by atoms with E-state index in [-0.39, 0.29) is 12.5 Å². The molecule has 0 bridgehead atoms. The Morgan fingerprint density at radius 1 is 1.21 bits per heavy atom. The lowest BCUT2D eigenvalue weighted by molar-refractivity contribution is -0.127. The highest BCUT2D eigenvalue weighted by molar-refractivity contribution is 8.13. The molecule has 0 radical (unpaired) electrons.